The minimum Gasteiger partial charge on any atom is -0.326 e. The molecule has 0 atom stereocenters. The van der Waals surface area contributed by atoms with Crippen LogP contribution in [0.3, 0.4) is 0 Å². The third kappa shape index (κ3) is 4.18. The van der Waals surface area contributed by atoms with Crippen molar-refractivity contribution in [2.24, 2.45) is 0 Å². The van der Waals surface area contributed by atoms with Gasteiger partial charge in [0.1, 0.15) is 5.01 Å². The van der Waals surface area contributed by atoms with Gasteiger partial charge < -0.3 is 5.32 Å². The zero-order chi connectivity index (χ0) is 16.1. The van der Waals surface area contributed by atoms with Gasteiger partial charge in [-0.1, -0.05) is 12.1 Å². The first kappa shape index (κ1) is 15.7. The second-order valence-corrected chi connectivity index (χ2v) is 6.55. The van der Waals surface area contributed by atoms with Gasteiger partial charge in [-0.25, -0.2) is 4.98 Å². The summed E-state index contributed by atoms with van der Waals surface area (Å²) in [6.07, 6.45) is 4.00. The molecule has 0 saturated carbocycles. The van der Waals surface area contributed by atoms with Crippen molar-refractivity contribution in [1.82, 2.24) is 9.97 Å². The molecular weight excluding hydrogens is 326 g/mol. The first-order valence-corrected chi connectivity index (χ1v) is 9.15. The molecule has 0 saturated heterocycles. The van der Waals surface area contributed by atoms with E-state index in [0.29, 0.717) is 0 Å². The third-order valence-electron chi connectivity index (χ3n) is 3.13. The van der Waals surface area contributed by atoms with Crippen LogP contribution in [0.5, 0.6) is 0 Å². The number of hydrogen-bond donors (Lipinski definition) is 1. The molecule has 0 aliphatic carbocycles. The number of rotatable bonds is 5. The predicted octanol–water partition coefficient (Wildman–Crippen LogP) is 4.11. The molecule has 1 N–H and O–H groups in total. The van der Waals surface area contributed by atoms with E-state index in [0.717, 1.165) is 27.0 Å². The number of pyridine rings is 1. The van der Waals surface area contributed by atoms with E-state index in [1.54, 1.807) is 18.0 Å². The quantitative estimate of drug-likeness (QED) is 0.710. The third-order valence-corrected chi connectivity index (χ3v) is 4.77. The second kappa shape index (κ2) is 7.39. The number of carbonyl (C=O) groups is 1. The van der Waals surface area contributed by atoms with Crippen molar-refractivity contribution in [2.45, 2.75) is 11.3 Å². The molecule has 0 unspecified atom stereocenters. The normalized spacial score (nSPS) is 10.5. The standard InChI is InChI=1S/C17H15N3OS2/c1-22-14-6-4-5-12(9-14)19-16(21)10-13-11-23-17(20-13)15-7-2-3-8-18-15/h2-9,11H,10H2,1H3,(H,19,21). The fraction of sp³-hybridized carbons (Fsp3) is 0.118. The summed E-state index contributed by atoms with van der Waals surface area (Å²) < 4.78 is 0. The average Bonchev–Trinajstić information content (AvgIpc) is 3.04. The van der Waals surface area contributed by atoms with E-state index in [1.165, 1.54) is 11.3 Å². The topological polar surface area (TPSA) is 54.9 Å². The number of thioether (sulfide) groups is 1. The number of hydrogen-bond acceptors (Lipinski definition) is 5. The van der Waals surface area contributed by atoms with Crippen LogP contribution in [0.1, 0.15) is 5.69 Å². The van der Waals surface area contributed by atoms with E-state index in [4.69, 9.17) is 0 Å². The number of nitrogens with zero attached hydrogens (tertiary/aromatic N) is 2. The Morgan fingerprint density at radius 1 is 1.26 bits per heavy atom. The largest absolute Gasteiger partial charge is 0.326 e. The Labute approximate surface area is 143 Å². The molecule has 116 valence electrons. The molecule has 2 aromatic heterocycles. The summed E-state index contributed by atoms with van der Waals surface area (Å²) in [6.45, 7) is 0. The van der Waals surface area contributed by atoms with E-state index in [2.05, 4.69) is 15.3 Å². The highest BCUT2D eigenvalue weighted by Gasteiger charge is 2.10. The van der Waals surface area contributed by atoms with Crippen molar-refractivity contribution in [3.8, 4) is 10.7 Å². The van der Waals surface area contributed by atoms with Gasteiger partial charge in [-0.2, -0.15) is 0 Å². The summed E-state index contributed by atoms with van der Waals surface area (Å²) >= 11 is 3.15. The Balaban J connectivity index is 1.65. The summed E-state index contributed by atoms with van der Waals surface area (Å²) in [5.74, 6) is -0.0684. The molecule has 0 spiro atoms. The van der Waals surface area contributed by atoms with Crippen LogP contribution in [0.25, 0.3) is 10.7 Å². The number of amides is 1. The summed E-state index contributed by atoms with van der Waals surface area (Å²) in [4.78, 5) is 22.0. The molecule has 0 fully saturated rings. The highest BCUT2D eigenvalue weighted by molar-refractivity contribution is 7.98. The number of carbonyl (C=O) groups excluding carboxylic acids is 1. The maximum absolute atomic E-state index is 12.2. The van der Waals surface area contributed by atoms with Gasteiger partial charge in [-0.3, -0.25) is 9.78 Å². The Hall–Kier alpha value is -2.18. The van der Waals surface area contributed by atoms with Gasteiger partial charge in [0.15, 0.2) is 0 Å². The number of thiazole rings is 1. The molecule has 6 heteroatoms. The van der Waals surface area contributed by atoms with Crippen molar-refractivity contribution >= 4 is 34.7 Å². The van der Waals surface area contributed by atoms with Crippen molar-refractivity contribution in [2.75, 3.05) is 11.6 Å². The molecule has 4 nitrogen and oxygen atoms in total. The number of aromatic nitrogens is 2. The van der Waals surface area contributed by atoms with Crippen LogP contribution < -0.4 is 5.32 Å². The lowest BCUT2D eigenvalue weighted by Gasteiger charge is -2.05. The number of nitrogens with one attached hydrogen (secondary N) is 1. The Kier molecular flexibility index (Phi) is 5.05. The average molecular weight is 341 g/mol. The summed E-state index contributed by atoms with van der Waals surface area (Å²) in [5, 5.41) is 5.65. The SMILES string of the molecule is CSc1cccc(NC(=O)Cc2csc(-c3ccccn3)n2)c1. The van der Waals surface area contributed by atoms with Gasteiger partial charge in [-0.15, -0.1) is 23.1 Å². The van der Waals surface area contributed by atoms with E-state index in [1.807, 2.05) is 54.1 Å². The number of anilines is 1. The molecule has 23 heavy (non-hydrogen) atoms. The highest BCUT2D eigenvalue weighted by Crippen LogP contribution is 2.22. The lowest BCUT2D eigenvalue weighted by Crippen LogP contribution is -2.14. The van der Waals surface area contributed by atoms with Crippen molar-refractivity contribution < 1.29 is 4.79 Å². The lowest BCUT2D eigenvalue weighted by molar-refractivity contribution is -0.115. The van der Waals surface area contributed by atoms with Crippen LogP contribution in [0.15, 0.2) is 58.9 Å². The van der Waals surface area contributed by atoms with Crippen molar-refractivity contribution in [3.63, 3.8) is 0 Å². The Morgan fingerprint density at radius 2 is 2.17 bits per heavy atom. The zero-order valence-electron chi connectivity index (χ0n) is 12.5. The maximum Gasteiger partial charge on any atom is 0.230 e. The van der Waals surface area contributed by atoms with Crippen LogP contribution >= 0.6 is 23.1 Å². The van der Waals surface area contributed by atoms with Crippen LogP contribution in [-0.4, -0.2) is 22.1 Å². The summed E-state index contributed by atoms with van der Waals surface area (Å²) in [7, 11) is 0. The van der Waals surface area contributed by atoms with Gasteiger partial charge >= 0.3 is 0 Å². The smallest absolute Gasteiger partial charge is 0.230 e. The van der Waals surface area contributed by atoms with Gasteiger partial charge in [-0.05, 0) is 36.6 Å². The van der Waals surface area contributed by atoms with Crippen molar-refractivity contribution in [1.29, 1.82) is 0 Å². The second-order valence-electron chi connectivity index (χ2n) is 4.82. The molecule has 3 aromatic rings. The molecule has 1 amide bonds. The monoisotopic (exact) mass is 341 g/mol. The van der Waals surface area contributed by atoms with E-state index in [9.17, 15) is 4.79 Å². The first-order chi connectivity index (χ1) is 11.2. The highest BCUT2D eigenvalue weighted by atomic mass is 32.2. The minimum absolute atomic E-state index is 0.0684. The van der Waals surface area contributed by atoms with E-state index >= 15 is 0 Å². The molecular formula is C17H15N3OS2. The van der Waals surface area contributed by atoms with Gasteiger partial charge in [0.05, 0.1) is 17.8 Å². The molecule has 3 rings (SSSR count). The van der Waals surface area contributed by atoms with Crippen LogP contribution in [0.2, 0.25) is 0 Å². The molecule has 0 aliphatic rings. The Bertz CT molecular complexity index is 802. The van der Waals surface area contributed by atoms with Gasteiger partial charge in [0.2, 0.25) is 5.91 Å². The molecule has 0 aliphatic heterocycles. The molecule has 2 heterocycles. The Morgan fingerprint density at radius 3 is 2.96 bits per heavy atom. The molecule has 0 radical (unpaired) electrons. The molecule has 0 bridgehead atoms. The summed E-state index contributed by atoms with van der Waals surface area (Å²) in [6, 6.07) is 13.5. The number of benzene rings is 1. The van der Waals surface area contributed by atoms with Gasteiger partial charge in [0.25, 0.3) is 0 Å². The predicted molar refractivity (Wildman–Crippen MR) is 95.9 cm³/mol. The van der Waals surface area contributed by atoms with Crippen LogP contribution in [0.4, 0.5) is 5.69 Å². The van der Waals surface area contributed by atoms with Crippen LogP contribution in [-0.2, 0) is 11.2 Å². The lowest BCUT2D eigenvalue weighted by atomic mass is 10.3. The maximum atomic E-state index is 12.2. The first-order valence-electron chi connectivity index (χ1n) is 7.04. The van der Waals surface area contributed by atoms with Crippen molar-refractivity contribution in [3.05, 3.63) is 59.7 Å². The minimum atomic E-state index is -0.0684. The fourth-order valence-electron chi connectivity index (χ4n) is 2.07. The van der Waals surface area contributed by atoms with E-state index < -0.39 is 0 Å². The van der Waals surface area contributed by atoms with Crippen LogP contribution in [0, 0.1) is 0 Å². The summed E-state index contributed by atoms with van der Waals surface area (Å²) in [5.41, 5.74) is 2.40. The van der Waals surface area contributed by atoms with Gasteiger partial charge in [0, 0.05) is 22.2 Å². The molecule has 1 aromatic carbocycles. The fourth-order valence-corrected chi connectivity index (χ4v) is 3.32. The zero-order valence-corrected chi connectivity index (χ0v) is 14.2. The van der Waals surface area contributed by atoms with E-state index in [-0.39, 0.29) is 12.3 Å².